The van der Waals surface area contributed by atoms with E-state index in [0.717, 1.165) is 24.4 Å². The lowest BCUT2D eigenvalue weighted by atomic mass is 10.1. The van der Waals surface area contributed by atoms with E-state index in [1.54, 1.807) is 6.07 Å². The Kier molecular flexibility index (Phi) is 3.19. The minimum Gasteiger partial charge on any atom is -0.508 e. The molecule has 0 aromatic heterocycles. The molecule has 0 radical (unpaired) electrons. The Labute approximate surface area is 107 Å². The van der Waals surface area contributed by atoms with Crippen LogP contribution in [0.4, 0.5) is 0 Å². The largest absolute Gasteiger partial charge is 0.508 e. The molecule has 0 amide bonds. The lowest BCUT2D eigenvalue weighted by Gasteiger charge is -2.24. The average molecular weight is 246 g/mol. The number of benzene rings is 1. The van der Waals surface area contributed by atoms with Crippen molar-refractivity contribution in [2.24, 2.45) is 4.99 Å². The van der Waals surface area contributed by atoms with Crippen LogP contribution in [-0.4, -0.2) is 30.1 Å². The van der Waals surface area contributed by atoms with Crippen molar-refractivity contribution in [1.82, 2.24) is 5.32 Å². The van der Waals surface area contributed by atoms with E-state index in [2.05, 4.69) is 10.3 Å². The van der Waals surface area contributed by atoms with Gasteiger partial charge in [-0.2, -0.15) is 0 Å². The number of phenolic OH excluding ortho intramolecular Hbond substituents is 1. The number of phenols is 1. The molecule has 2 aliphatic heterocycles. The zero-order chi connectivity index (χ0) is 12.4. The molecule has 2 aliphatic rings. The molecule has 4 nitrogen and oxygen atoms in total. The normalized spacial score (nSPS) is 27.7. The molecule has 96 valence electrons. The first kappa shape index (κ1) is 11.5. The number of piperidine rings is 1. The second-order valence-electron chi connectivity index (χ2n) is 4.85. The molecule has 4 heteroatoms. The van der Waals surface area contributed by atoms with Gasteiger partial charge in [0.2, 0.25) is 5.90 Å². The standard InChI is InChI=1S/C14H18N2O2/c17-12-7-2-1-5-10(12)13-9-16-14(18-13)11-6-3-4-8-15-11/h1-2,5,7,11,13,15,17H,3-4,6,8-9H2. The summed E-state index contributed by atoms with van der Waals surface area (Å²) in [7, 11) is 0. The van der Waals surface area contributed by atoms with Crippen molar-refractivity contribution in [3.63, 3.8) is 0 Å². The first-order valence-corrected chi connectivity index (χ1v) is 6.57. The maximum absolute atomic E-state index is 9.82. The van der Waals surface area contributed by atoms with Crippen molar-refractivity contribution in [2.75, 3.05) is 13.1 Å². The number of para-hydroxylation sites is 1. The fourth-order valence-electron chi connectivity index (χ4n) is 2.57. The second-order valence-corrected chi connectivity index (χ2v) is 4.85. The highest BCUT2D eigenvalue weighted by Crippen LogP contribution is 2.31. The Bertz CT molecular complexity index is 453. The molecule has 1 fully saturated rings. The number of ether oxygens (including phenoxy) is 1. The third kappa shape index (κ3) is 2.20. The van der Waals surface area contributed by atoms with Crippen molar-refractivity contribution in [2.45, 2.75) is 31.4 Å². The van der Waals surface area contributed by atoms with Crippen molar-refractivity contribution < 1.29 is 9.84 Å². The Morgan fingerprint density at radius 2 is 2.17 bits per heavy atom. The summed E-state index contributed by atoms with van der Waals surface area (Å²) in [5.74, 6) is 1.10. The summed E-state index contributed by atoms with van der Waals surface area (Å²) in [6.45, 7) is 1.64. The Morgan fingerprint density at radius 3 is 2.94 bits per heavy atom. The van der Waals surface area contributed by atoms with Crippen LogP contribution in [-0.2, 0) is 4.74 Å². The minimum absolute atomic E-state index is 0.134. The number of nitrogens with zero attached hydrogens (tertiary/aromatic N) is 1. The molecule has 0 aliphatic carbocycles. The summed E-state index contributed by atoms with van der Waals surface area (Å²) in [6.07, 6.45) is 3.41. The highest BCUT2D eigenvalue weighted by molar-refractivity contribution is 5.83. The topological polar surface area (TPSA) is 53.9 Å². The number of aliphatic imine (C=N–C) groups is 1. The van der Waals surface area contributed by atoms with E-state index >= 15 is 0 Å². The van der Waals surface area contributed by atoms with Crippen molar-refractivity contribution in [3.05, 3.63) is 29.8 Å². The summed E-state index contributed by atoms with van der Waals surface area (Å²) in [5, 5.41) is 13.3. The van der Waals surface area contributed by atoms with Crippen LogP contribution in [0.5, 0.6) is 5.75 Å². The Balaban J connectivity index is 1.68. The van der Waals surface area contributed by atoms with Gasteiger partial charge in [-0.05, 0) is 25.5 Å². The highest BCUT2D eigenvalue weighted by atomic mass is 16.5. The van der Waals surface area contributed by atoms with E-state index < -0.39 is 0 Å². The van der Waals surface area contributed by atoms with Gasteiger partial charge in [-0.1, -0.05) is 24.6 Å². The minimum atomic E-state index is -0.134. The zero-order valence-electron chi connectivity index (χ0n) is 10.3. The van der Waals surface area contributed by atoms with Crippen LogP contribution in [0, 0.1) is 0 Å². The summed E-state index contributed by atoms with van der Waals surface area (Å²) in [6, 6.07) is 7.57. The predicted octanol–water partition coefficient (Wildman–Crippen LogP) is 2.00. The number of hydrogen-bond acceptors (Lipinski definition) is 4. The third-order valence-electron chi connectivity index (χ3n) is 3.57. The van der Waals surface area contributed by atoms with E-state index in [1.807, 2.05) is 18.2 Å². The monoisotopic (exact) mass is 246 g/mol. The molecule has 2 heterocycles. The van der Waals surface area contributed by atoms with Crippen LogP contribution in [0.25, 0.3) is 0 Å². The molecular weight excluding hydrogens is 228 g/mol. The third-order valence-corrected chi connectivity index (χ3v) is 3.57. The van der Waals surface area contributed by atoms with Gasteiger partial charge in [-0.3, -0.25) is 0 Å². The van der Waals surface area contributed by atoms with Crippen LogP contribution in [0.15, 0.2) is 29.3 Å². The predicted molar refractivity (Wildman–Crippen MR) is 69.9 cm³/mol. The fourth-order valence-corrected chi connectivity index (χ4v) is 2.57. The first-order chi connectivity index (χ1) is 8.84. The molecule has 18 heavy (non-hydrogen) atoms. The van der Waals surface area contributed by atoms with Crippen molar-refractivity contribution >= 4 is 5.90 Å². The van der Waals surface area contributed by atoms with Crippen molar-refractivity contribution in [1.29, 1.82) is 0 Å². The Hall–Kier alpha value is -1.55. The van der Waals surface area contributed by atoms with Crippen LogP contribution >= 0.6 is 0 Å². The zero-order valence-corrected chi connectivity index (χ0v) is 10.3. The van der Waals surface area contributed by atoms with Gasteiger partial charge in [-0.15, -0.1) is 0 Å². The van der Waals surface area contributed by atoms with Gasteiger partial charge in [0, 0.05) is 5.56 Å². The first-order valence-electron chi connectivity index (χ1n) is 6.57. The molecule has 2 atom stereocenters. The fraction of sp³-hybridized carbons (Fsp3) is 0.500. The summed E-state index contributed by atoms with van der Waals surface area (Å²) < 4.78 is 5.90. The molecule has 0 spiro atoms. The lowest BCUT2D eigenvalue weighted by molar-refractivity contribution is 0.209. The smallest absolute Gasteiger partial charge is 0.201 e. The summed E-state index contributed by atoms with van der Waals surface area (Å²) in [5.41, 5.74) is 0.826. The van der Waals surface area contributed by atoms with Gasteiger partial charge in [0.05, 0.1) is 12.6 Å². The molecule has 0 saturated carbocycles. The maximum Gasteiger partial charge on any atom is 0.201 e. The molecular formula is C14H18N2O2. The average Bonchev–Trinajstić information content (AvgIpc) is 2.90. The van der Waals surface area contributed by atoms with Crippen LogP contribution < -0.4 is 5.32 Å². The second kappa shape index (κ2) is 4.98. The van der Waals surface area contributed by atoms with Gasteiger partial charge in [-0.25, -0.2) is 4.99 Å². The maximum atomic E-state index is 9.82. The van der Waals surface area contributed by atoms with Crippen molar-refractivity contribution in [3.8, 4) is 5.75 Å². The highest BCUT2D eigenvalue weighted by Gasteiger charge is 2.29. The SMILES string of the molecule is Oc1ccccc1C1CN=C(C2CCCCN2)O1. The molecule has 3 rings (SSSR count). The summed E-state index contributed by atoms with van der Waals surface area (Å²) in [4.78, 5) is 4.48. The van der Waals surface area contributed by atoms with Gasteiger partial charge < -0.3 is 15.2 Å². The van der Waals surface area contributed by atoms with Crippen LogP contribution in [0.3, 0.4) is 0 Å². The summed E-state index contributed by atoms with van der Waals surface area (Å²) >= 11 is 0. The number of rotatable bonds is 2. The quantitative estimate of drug-likeness (QED) is 0.839. The number of hydrogen-bond donors (Lipinski definition) is 2. The van der Waals surface area contributed by atoms with Gasteiger partial charge in [0.25, 0.3) is 0 Å². The molecule has 1 saturated heterocycles. The van der Waals surface area contributed by atoms with Gasteiger partial charge >= 0.3 is 0 Å². The molecule has 1 aromatic carbocycles. The van der Waals surface area contributed by atoms with E-state index in [9.17, 15) is 5.11 Å². The van der Waals surface area contributed by atoms with E-state index in [-0.39, 0.29) is 17.9 Å². The Morgan fingerprint density at radius 1 is 1.28 bits per heavy atom. The lowest BCUT2D eigenvalue weighted by Crippen LogP contribution is -2.40. The number of aromatic hydroxyl groups is 1. The van der Waals surface area contributed by atoms with Crippen LogP contribution in [0.2, 0.25) is 0 Å². The van der Waals surface area contributed by atoms with Gasteiger partial charge in [0.1, 0.15) is 11.9 Å². The van der Waals surface area contributed by atoms with Gasteiger partial charge in [0.15, 0.2) is 0 Å². The van der Waals surface area contributed by atoms with Crippen LogP contribution in [0.1, 0.15) is 30.9 Å². The molecule has 2 N–H and O–H groups in total. The molecule has 1 aromatic rings. The molecule has 2 unspecified atom stereocenters. The molecule has 0 bridgehead atoms. The van der Waals surface area contributed by atoms with E-state index in [4.69, 9.17) is 4.74 Å². The van der Waals surface area contributed by atoms with E-state index in [0.29, 0.717) is 6.54 Å². The van der Waals surface area contributed by atoms with E-state index in [1.165, 1.54) is 12.8 Å². The number of nitrogens with one attached hydrogen (secondary N) is 1.